The van der Waals surface area contributed by atoms with Crippen molar-refractivity contribution >= 4 is 34.6 Å². The molecule has 63 heavy (non-hydrogen) atoms. The molecule has 1 unspecified atom stereocenters. The number of carbonyl (C=O) groups excluding carboxylic acids is 3. The number of alkyl carbamates (subject to hydrolysis) is 1. The second-order valence-corrected chi connectivity index (χ2v) is 19.6. The Hall–Kier alpha value is -4.85. The number of para-hydroxylation sites is 1. The lowest BCUT2D eigenvalue weighted by molar-refractivity contribution is -0.217. The van der Waals surface area contributed by atoms with Crippen LogP contribution in [0, 0.1) is 17.3 Å². The van der Waals surface area contributed by atoms with Crippen LogP contribution >= 0.6 is 0 Å². The van der Waals surface area contributed by atoms with E-state index >= 15 is 4.79 Å². The first-order valence-electron chi connectivity index (χ1n) is 23.2. The van der Waals surface area contributed by atoms with E-state index in [9.17, 15) is 14.7 Å². The number of methoxy groups -OCH3 is 2. The first kappa shape index (κ1) is 42.1. The van der Waals surface area contributed by atoms with Crippen LogP contribution < -0.4 is 15.0 Å². The predicted octanol–water partition coefficient (Wildman–Crippen LogP) is 5.76. The van der Waals surface area contributed by atoms with E-state index in [2.05, 4.69) is 81.3 Å². The summed E-state index contributed by atoms with van der Waals surface area (Å²) >= 11 is 0. The number of aliphatic hydroxyl groups is 1. The zero-order valence-corrected chi connectivity index (χ0v) is 37.6. The van der Waals surface area contributed by atoms with E-state index in [-0.39, 0.29) is 24.5 Å². The number of hydrogen-bond acceptors (Lipinski definition) is 11. The first-order chi connectivity index (χ1) is 30.4. The van der Waals surface area contributed by atoms with E-state index in [1.807, 2.05) is 19.2 Å². The van der Waals surface area contributed by atoms with Gasteiger partial charge in [0, 0.05) is 90.9 Å². The number of anilines is 1. The molecule has 3 aromatic rings. The number of aromatic amines is 1. The molecule has 7 aliphatic rings. The third-order valence-electron chi connectivity index (χ3n) is 16.3. The van der Waals surface area contributed by atoms with Gasteiger partial charge in [-0.15, -0.1) is 0 Å². The molecule has 13 nitrogen and oxygen atoms in total. The summed E-state index contributed by atoms with van der Waals surface area (Å²) in [5, 5.41) is 17.8. The van der Waals surface area contributed by atoms with Gasteiger partial charge < -0.3 is 39.3 Å². The highest BCUT2D eigenvalue weighted by Gasteiger charge is 2.78. The zero-order valence-electron chi connectivity index (χ0n) is 37.6. The van der Waals surface area contributed by atoms with Gasteiger partial charge in [0.05, 0.1) is 33.4 Å². The molecule has 3 N–H and O–H groups in total. The molecule has 6 heterocycles. The Kier molecular flexibility index (Phi) is 10.3. The number of likely N-dealkylation sites (N-methyl/N-ethyl adjacent to an activating group) is 1. The Balaban J connectivity index is 1.22. The number of ether oxygens (including phenoxy) is 4. The van der Waals surface area contributed by atoms with Gasteiger partial charge >= 0.3 is 18.0 Å². The monoisotopic (exact) mass is 861 g/mol. The number of H-pyrrole nitrogens is 1. The zero-order chi connectivity index (χ0) is 44.1. The minimum Gasteiger partial charge on any atom is -0.496 e. The van der Waals surface area contributed by atoms with Gasteiger partial charge in [0.25, 0.3) is 0 Å². The van der Waals surface area contributed by atoms with Gasteiger partial charge in [-0.05, 0) is 86.6 Å². The number of nitrogens with one attached hydrogen (secondary N) is 2. The van der Waals surface area contributed by atoms with Crippen LogP contribution in [0.5, 0.6) is 5.75 Å². The van der Waals surface area contributed by atoms with Gasteiger partial charge in [-0.2, -0.15) is 0 Å². The summed E-state index contributed by atoms with van der Waals surface area (Å²) in [4.78, 5) is 53.0. The summed E-state index contributed by atoms with van der Waals surface area (Å²) in [5.74, 6) is 0.0737. The molecule has 9 atom stereocenters. The molecule has 2 saturated carbocycles. The number of carbonyl (C=O) groups is 3. The summed E-state index contributed by atoms with van der Waals surface area (Å²) < 4.78 is 24.5. The fourth-order valence-corrected chi connectivity index (χ4v) is 13.7. The fraction of sp³-hybridized carbons (Fsp3) is 0.580. The van der Waals surface area contributed by atoms with Gasteiger partial charge in [-0.3, -0.25) is 19.4 Å². The molecule has 1 spiro atoms. The Bertz CT molecular complexity index is 2410. The number of fused-ring (bicyclic) bond motifs is 6. The molecule has 1 amide bonds. The molecule has 336 valence electrons. The maximum absolute atomic E-state index is 15.4. The third-order valence-corrected chi connectivity index (χ3v) is 16.3. The molecule has 10 rings (SSSR count). The van der Waals surface area contributed by atoms with Crippen molar-refractivity contribution in [1.82, 2.24) is 20.1 Å². The van der Waals surface area contributed by atoms with Crippen molar-refractivity contribution in [1.29, 1.82) is 0 Å². The molecular weight excluding hydrogens is 799 g/mol. The van der Waals surface area contributed by atoms with E-state index in [0.29, 0.717) is 44.1 Å². The van der Waals surface area contributed by atoms with Crippen LogP contribution in [0.3, 0.4) is 0 Å². The molecule has 13 heteroatoms. The van der Waals surface area contributed by atoms with Crippen LogP contribution in [0.4, 0.5) is 10.5 Å². The Labute approximate surface area is 370 Å². The van der Waals surface area contributed by atoms with Gasteiger partial charge in [-0.25, -0.2) is 4.79 Å². The van der Waals surface area contributed by atoms with Crippen LogP contribution in [0.1, 0.15) is 81.7 Å². The maximum Gasteiger partial charge on any atom is 0.407 e. The smallest absolute Gasteiger partial charge is 0.407 e. The molecule has 3 fully saturated rings. The Morgan fingerprint density at radius 2 is 1.86 bits per heavy atom. The molecule has 1 aromatic heterocycles. The lowest BCUT2D eigenvalue weighted by atomic mass is 9.47. The number of esters is 2. The number of nitrogens with zero attached hydrogens (tertiary/aromatic N) is 3. The summed E-state index contributed by atoms with van der Waals surface area (Å²) in [6.07, 6.45) is 10.5. The van der Waals surface area contributed by atoms with Crippen LogP contribution in [0.15, 0.2) is 60.2 Å². The minimum atomic E-state index is -1.80. The quantitative estimate of drug-likeness (QED) is 0.130. The van der Waals surface area contributed by atoms with Crippen molar-refractivity contribution in [2.24, 2.45) is 17.3 Å². The van der Waals surface area contributed by atoms with Crippen LogP contribution in [-0.2, 0) is 41.1 Å². The van der Waals surface area contributed by atoms with E-state index in [4.69, 9.17) is 18.9 Å². The second kappa shape index (κ2) is 15.4. The summed E-state index contributed by atoms with van der Waals surface area (Å²) in [5.41, 5.74) is 2.11. The van der Waals surface area contributed by atoms with E-state index in [1.54, 1.807) is 7.11 Å². The van der Waals surface area contributed by atoms with Crippen molar-refractivity contribution in [3.8, 4) is 5.75 Å². The standard InChI is InChI=1S/C50H63N5O8/c1-7-31-22-33-25-49(45(57)61-6,41-35(16-20-54(26-31)27-33)34-12-9-10-13-38(34)52-41)37-23-36-39(24-40(37)60-5)53(4)43-48(36)18-21-55-19-11-17-47(8-2,42(48)55)44(63-30(3)56)50(43,59)29-51-46(58)62-28-32-14-15-32/h9-13,17,22-24,32-33,42-44,52,59H,7-8,14-16,18-21,25-29H2,1-6H3,(H,51,58)/t33-,42-,43+,44+,47+,48+,49-,50-/m0/s1. The van der Waals surface area contributed by atoms with Crippen LogP contribution in [0.2, 0.25) is 0 Å². The summed E-state index contributed by atoms with van der Waals surface area (Å²) in [7, 11) is 5.13. The molecule has 1 saturated heterocycles. The lowest BCUT2D eigenvalue weighted by Crippen LogP contribution is -2.81. The molecule has 0 radical (unpaired) electrons. The lowest BCUT2D eigenvalue weighted by Gasteiger charge is -2.64. The summed E-state index contributed by atoms with van der Waals surface area (Å²) in [6.45, 7) is 9.82. The molecule has 2 aromatic carbocycles. The van der Waals surface area contributed by atoms with Crippen molar-refractivity contribution in [3.63, 3.8) is 0 Å². The second-order valence-electron chi connectivity index (χ2n) is 19.6. The third kappa shape index (κ3) is 6.15. The largest absolute Gasteiger partial charge is 0.496 e. The normalized spacial score (nSPS) is 34.0. The molecule has 2 aliphatic carbocycles. The van der Waals surface area contributed by atoms with Crippen molar-refractivity contribution in [2.75, 3.05) is 72.0 Å². The number of aromatic nitrogens is 1. The number of benzene rings is 2. The van der Waals surface area contributed by atoms with E-state index in [1.165, 1.54) is 19.6 Å². The summed E-state index contributed by atoms with van der Waals surface area (Å²) in [6, 6.07) is 11.7. The van der Waals surface area contributed by atoms with Crippen molar-refractivity contribution in [3.05, 3.63) is 82.6 Å². The highest BCUT2D eigenvalue weighted by atomic mass is 16.6. The van der Waals surface area contributed by atoms with Crippen LogP contribution in [-0.4, -0.2) is 129 Å². The highest BCUT2D eigenvalue weighted by Crippen LogP contribution is 2.68. The first-order valence-corrected chi connectivity index (χ1v) is 23.2. The van der Waals surface area contributed by atoms with E-state index < -0.39 is 46.1 Å². The van der Waals surface area contributed by atoms with Crippen molar-refractivity contribution in [2.45, 2.75) is 100 Å². The predicted molar refractivity (Wildman–Crippen MR) is 239 cm³/mol. The number of hydrogen-bond donors (Lipinski definition) is 3. The topological polar surface area (TPSA) is 146 Å². The Morgan fingerprint density at radius 1 is 1.05 bits per heavy atom. The van der Waals surface area contributed by atoms with Crippen molar-refractivity contribution < 1.29 is 38.4 Å². The van der Waals surface area contributed by atoms with Gasteiger partial charge in [0.15, 0.2) is 0 Å². The average molecular weight is 862 g/mol. The highest BCUT2D eigenvalue weighted by molar-refractivity contribution is 5.94. The average Bonchev–Trinajstić information content (AvgIpc) is 3.85. The van der Waals surface area contributed by atoms with Crippen LogP contribution in [0.25, 0.3) is 10.9 Å². The Morgan fingerprint density at radius 3 is 2.59 bits per heavy atom. The van der Waals surface area contributed by atoms with E-state index in [0.717, 1.165) is 90.8 Å². The van der Waals surface area contributed by atoms with Gasteiger partial charge in [0.1, 0.15) is 22.9 Å². The van der Waals surface area contributed by atoms with Gasteiger partial charge in [0.2, 0.25) is 0 Å². The number of rotatable bonds is 10. The number of amides is 1. The minimum absolute atomic E-state index is 0.0323. The molecular formula is C50H63N5O8. The molecule has 2 bridgehead atoms. The SMILES string of the molecule is CCC1=C[C@@H]2CN(CCc3c([nH]c4ccccc34)[C@@](C(=O)OC)(c3cc4c(cc3OC)N(C)[C@H]3[C@@](O)(CNC(=O)OCC5CC5)[C@H](OC(C)=O)[C@]5(CC)C=CCN6CC[C@]43[C@@H]65)C2)C1. The maximum atomic E-state index is 15.4. The molecule has 5 aliphatic heterocycles. The van der Waals surface area contributed by atoms with Gasteiger partial charge in [-0.1, -0.05) is 55.8 Å². The fourth-order valence-electron chi connectivity index (χ4n) is 13.7.